The van der Waals surface area contributed by atoms with E-state index < -0.39 is 0 Å². The van der Waals surface area contributed by atoms with Gasteiger partial charge in [0.1, 0.15) is 17.2 Å². The number of fused-ring (bicyclic) bond motifs is 1. The van der Waals surface area contributed by atoms with Crippen LogP contribution in [0.3, 0.4) is 0 Å². The third-order valence-electron chi connectivity index (χ3n) is 3.31. The molecule has 1 N–H and O–H groups in total. The summed E-state index contributed by atoms with van der Waals surface area (Å²) >= 11 is 3.41. The first-order valence-corrected chi connectivity index (χ1v) is 7.09. The molecule has 102 valence electrons. The molecule has 0 aliphatic carbocycles. The Balaban J connectivity index is 2.14. The fraction of sp³-hybridized carbons (Fsp3) is 0.125. The van der Waals surface area contributed by atoms with Crippen molar-refractivity contribution in [2.24, 2.45) is 0 Å². The molecule has 3 rings (SSSR count). The number of halogens is 2. The Labute approximate surface area is 124 Å². The lowest BCUT2D eigenvalue weighted by molar-refractivity contribution is 0.475. The smallest absolute Gasteiger partial charge is 0.134 e. The van der Waals surface area contributed by atoms with Gasteiger partial charge in [-0.25, -0.2) is 4.39 Å². The van der Waals surface area contributed by atoms with Crippen LogP contribution in [0.15, 0.2) is 57.4 Å². The highest BCUT2D eigenvalue weighted by atomic mass is 79.9. The van der Waals surface area contributed by atoms with Gasteiger partial charge in [-0.2, -0.15) is 0 Å². The minimum atomic E-state index is -0.335. The van der Waals surface area contributed by atoms with Gasteiger partial charge in [0.15, 0.2) is 0 Å². The van der Waals surface area contributed by atoms with Crippen LogP contribution < -0.4 is 5.32 Å². The molecule has 0 aliphatic rings. The largest absolute Gasteiger partial charge is 0.459 e. The van der Waals surface area contributed by atoms with Crippen molar-refractivity contribution >= 4 is 26.9 Å². The third kappa shape index (κ3) is 2.25. The molecule has 20 heavy (non-hydrogen) atoms. The maximum atomic E-state index is 14.1. The average molecular weight is 334 g/mol. The van der Waals surface area contributed by atoms with Gasteiger partial charge < -0.3 is 9.73 Å². The highest BCUT2D eigenvalue weighted by molar-refractivity contribution is 9.10. The second-order valence-electron chi connectivity index (χ2n) is 4.54. The second kappa shape index (κ2) is 5.38. The van der Waals surface area contributed by atoms with Crippen molar-refractivity contribution in [3.8, 4) is 0 Å². The molecule has 2 nitrogen and oxygen atoms in total. The Kier molecular flexibility index (Phi) is 3.59. The first kappa shape index (κ1) is 13.3. The van der Waals surface area contributed by atoms with E-state index in [4.69, 9.17) is 4.42 Å². The summed E-state index contributed by atoms with van der Waals surface area (Å²) in [6.07, 6.45) is 0. The van der Waals surface area contributed by atoms with Crippen LogP contribution in [-0.4, -0.2) is 7.05 Å². The van der Waals surface area contributed by atoms with Crippen molar-refractivity contribution in [2.75, 3.05) is 7.05 Å². The van der Waals surface area contributed by atoms with E-state index in [1.54, 1.807) is 13.1 Å². The van der Waals surface area contributed by atoms with Gasteiger partial charge in [0.05, 0.1) is 6.04 Å². The number of benzene rings is 2. The van der Waals surface area contributed by atoms with E-state index in [9.17, 15) is 4.39 Å². The molecule has 0 spiro atoms. The predicted octanol–water partition coefficient (Wildman–Crippen LogP) is 4.64. The zero-order chi connectivity index (χ0) is 14.1. The van der Waals surface area contributed by atoms with Crippen molar-refractivity contribution in [2.45, 2.75) is 6.04 Å². The molecule has 3 aromatic rings. The second-order valence-corrected chi connectivity index (χ2v) is 5.40. The lowest BCUT2D eigenvalue weighted by Gasteiger charge is -2.16. The van der Waals surface area contributed by atoms with Gasteiger partial charge in [-0.3, -0.25) is 0 Å². The summed E-state index contributed by atoms with van der Waals surface area (Å²) in [7, 11) is 1.79. The van der Waals surface area contributed by atoms with Gasteiger partial charge in [0.25, 0.3) is 0 Å². The summed E-state index contributed by atoms with van der Waals surface area (Å²) in [4.78, 5) is 0. The Hall–Kier alpha value is -1.65. The summed E-state index contributed by atoms with van der Waals surface area (Å²) in [5.41, 5.74) is 1.35. The first-order valence-electron chi connectivity index (χ1n) is 6.30. The molecule has 1 heterocycles. The molecular formula is C16H13BrFNO. The molecule has 0 saturated carbocycles. The van der Waals surface area contributed by atoms with E-state index in [2.05, 4.69) is 21.2 Å². The standard InChI is InChI=1S/C16H13BrFNO/c1-19-16(15-11(17)6-4-7-12(15)18)14-9-10-5-2-3-8-13(10)20-14/h2-9,16,19H,1H3. The van der Waals surface area contributed by atoms with Crippen molar-refractivity contribution in [1.29, 1.82) is 0 Å². The Morgan fingerprint density at radius 2 is 1.95 bits per heavy atom. The molecule has 0 fully saturated rings. The zero-order valence-electron chi connectivity index (χ0n) is 10.9. The summed E-state index contributed by atoms with van der Waals surface area (Å²) in [5, 5.41) is 4.12. The van der Waals surface area contributed by atoms with E-state index in [0.717, 1.165) is 15.4 Å². The summed E-state index contributed by atoms with van der Waals surface area (Å²) in [6, 6.07) is 14.3. The minimum Gasteiger partial charge on any atom is -0.459 e. The molecule has 0 radical (unpaired) electrons. The number of hydrogen-bond donors (Lipinski definition) is 1. The van der Waals surface area contributed by atoms with Gasteiger partial charge in [-0.05, 0) is 31.3 Å². The molecule has 1 aromatic heterocycles. The maximum Gasteiger partial charge on any atom is 0.134 e. The molecule has 2 aromatic carbocycles. The van der Waals surface area contributed by atoms with Crippen molar-refractivity contribution < 1.29 is 8.81 Å². The monoisotopic (exact) mass is 333 g/mol. The van der Waals surface area contributed by atoms with Crippen LogP contribution in [0.25, 0.3) is 11.0 Å². The summed E-state index contributed by atoms with van der Waals surface area (Å²) < 4.78 is 20.7. The average Bonchev–Trinajstić information content (AvgIpc) is 2.86. The van der Waals surface area contributed by atoms with Crippen molar-refractivity contribution in [3.63, 3.8) is 0 Å². The maximum absolute atomic E-state index is 14.1. The van der Waals surface area contributed by atoms with Crippen LogP contribution in [0, 0.1) is 5.82 Å². The van der Waals surface area contributed by atoms with E-state index in [0.29, 0.717) is 11.3 Å². The number of hydrogen-bond acceptors (Lipinski definition) is 2. The van der Waals surface area contributed by atoms with Crippen LogP contribution >= 0.6 is 15.9 Å². The van der Waals surface area contributed by atoms with Gasteiger partial charge >= 0.3 is 0 Å². The molecule has 4 heteroatoms. The van der Waals surface area contributed by atoms with Crippen LogP contribution in [0.5, 0.6) is 0 Å². The predicted molar refractivity (Wildman–Crippen MR) is 81.2 cm³/mol. The number of nitrogens with one attached hydrogen (secondary N) is 1. The fourth-order valence-corrected chi connectivity index (χ4v) is 2.93. The van der Waals surface area contributed by atoms with E-state index in [1.165, 1.54) is 6.07 Å². The highest BCUT2D eigenvalue weighted by Crippen LogP contribution is 2.33. The molecule has 1 unspecified atom stereocenters. The van der Waals surface area contributed by atoms with Crippen molar-refractivity contribution in [1.82, 2.24) is 5.32 Å². The van der Waals surface area contributed by atoms with Gasteiger partial charge in [0.2, 0.25) is 0 Å². The van der Waals surface area contributed by atoms with Crippen molar-refractivity contribution in [3.05, 3.63) is 70.1 Å². The normalized spacial score (nSPS) is 12.8. The number of para-hydroxylation sites is 1. The van der Waals surface area contributed by atoms with Crippen LogP contribution in [0.4, 0.5) is 4.39 Å². The van der Waals surface area contributed by atoms with Crippen LogP contribution in [0.1, 0.15) is 17.4 Å². The summed E-state index contributed by atoms with van der Waals surface area (Å²) in [6.45, 7) is 0. The lowest BCUT2D eigenvalue weighted by Crippen LogP contribution is -2.18. The van der Waals surface area contributed by atoms with E-state index in [1.807, 2.05) is 36.4 Å². The Morgan fingerprint density at radius 3 is 2.65 bits per heavy atom. The summed E-state index contributed by atoms with van der Waals surface area (Å²) in [5.74, 6) is 0.429. The molecule has 0 aliphatic heterocycles. The third-order valence-corrected chi connectivity index (χ3v) is 4.00. The molecule has 0 saturated heterocycles. The quantitative estimate of drug-likeness (QED) is 0.755. The van der Waals surface area contributed by atoms with Gasteiger partial charge in [0, 0.05) is 15.4 Å². The number of furan rings is 1. The molecule has 0 amide bonds. The fourth-order valence-electron chi connectivity index (χ4n) is 2.36. The van der Waals surface area contributed by atoms with Gasteiger partial charge in [-0.15, -0.1) is 0 Å². The Morgan fingerprint density at radius 1 is 1.15 bits per heavy atom. The number of rotatable bonds is 3. The SMILES string of the molecule is CNC(c1cc2ccccc2o1)c1c(F)cccc1Br. The highest BCUT2D eigenvalue weighted by Gasteiger charge is 2.22. The van der Waals surface area contributed by atoms with Crippen LogP contribution in [-0.2, 0) is 0 Å². The topological polar surface area (TPSA) is 25.2 Å². The van der Waals surface area contributed by atoms with E-state index in [-0.39, 0.29) is 11.9 Å². The minimum absolute atomic E-state index is 0.265. The lowest BCUT2D eigenvalue weighted by atomic mass is 10.0. The van der Waals surface area contributed by atoms with E-state index >= 15 is 0 Å². The Bertz CT molecular complexity index is 700. The van der Waals surface area contributed by atoms with Crippen LogP contribution in [0.2, 0.25) is 0 Å². The molecule has 1 atom stereocenters. The zero-order valence-corrected chi connectivity index (χ0v) is 12.4. The molecule has 0 bridgehead atoms. The molecular weight excluding hydrogens is 321 g/mol. The first-order chi connectivity index (χ1) is 9.70. The van der Waals surface area contributed by atoms with Gasteiger partial charge in [-0.1, -0.05) is 40.2 Å².